The molecule has 0 saturated carbocycles. The van der Waals surface area contributed by atoms with E-state index in [1.165, 1.54) is 0 Å². The van der Waals surface area contributed by atoms with E-state index < -0.39 is 5.97 Å². The lowest BCUT2D eigenvalue weighted by molar-refractivity contribution is -0.135. The second-order valence-corrected chi connectivity index (χ2v) is 3.85. The first-order chi connectivity index (χ1) is 7.77. The number of aromatic nitrogens is 2. The SMILES string of the molecule is O=C(O)CN(c1cn[nH]c1)C1CCCOC1. The summed E-state index contributed by atoms with van der Waals surface area (Å²) in [5.41, 5.74) is 0.804. The summed E-state index contributed by atoms with van der Waals surface area (Å²) >= 11 is 0. The van der Waals surface area contributed by atoms with E-state index in [-0.39, 0.29) is 12.6 Å². The topological polar surface area (TPSA) is 78.5 Å². The molecule has 88 valence electrons. The number of nitrogens with one attached hydrogen (secondary N) is 1. The Balaban J connectivity index is 2.10. The van der Waals surface area contributed by atoms with Gasteiger partial charge in [-0.1, -0.05) is 0 Å². The van der Waals surface area contributed by atoms with Gasteiger partial charge < -0.3 is 14.7 Å². The van der Waals surface area contributed by atoms with Crippen LogP contribution in [0.2, 0.25) is 0 Å². The van der Waals surface area contributed by atoms with Crippen molar-refractivity contribution in [2.75, 3.05) is 24.7 Å². The van der Waals surface area contributed by atoms with Crippen molar-refractivity contribution in [3.63, 3.8) is 0 Å². The molecule has 1 aromatic rings. The fourth-order valence-electron chi connectivity index (χ4n) is 1.95. The Labute approximate surface area is 93.2 Å². The van der Waals surface area contributed by atoms with Gasteiger partial charge in [0, 0.05) is 12.8 Å². The number of aliphatic carboxylic acids is 1. The molecule has 0 bridgehead atoms. The van der Waals surface area contributed by atoms with Crippen LogP contribution in [0.1, 0.15) is 12.8 Å². The monoisotopic (exact) mass is 225 g/mol. The van der Waals surface area contributed by atoms with Crippen LogP contribution in [0.3, 0.4) is 0 Å². The number of carboxylic acid groups (broad SMARTS) is 1. The van der Waals surface area contributed by atoms with Gasteiger partial charge in [-0.05, 0) is 12.8 Å². The zero-order valence-corrected chi connectivity index (χ0v) is 8.93. The van der Waals surface area contributed by atoms with E-state index >= 15 is 0 Å². The molecule has 1 fully saturated rings. The van der Waals surface area contributed by atoms with Crippen molar-refractivity contribution in [3.8, 4) is 0 Å². The van der Waals surface area contributed by atoms with Gasteiger partial charge >= 0.3 is 5.97 Å². The van der Waals surface area contributed by atoms with Crippen molar-refractivity contribution in [2.24, 2.45) is 0 Å². The Morgan fingerprint density at radius 1 is 1.75 bits per heavy atom. The third kappa shape index (κ3) is 2.52. The second kappa shape index (κ2) is 4.98. The normalized spacial score (nSPS) is 20.6. The summed E-state index contributed by atoms with van der Waals surface area (Å²) in [6, 6.07) is 0.127. The number of ether oxygens (including phenoxy) is 1. The van der Waals surface area contributed by atoms with Crippen LogP contribution >= 0.6 is 0 Å². The van der Waals surface area contributed by atoms with Gasteiger partial charge in [-0.25, -0.2) is 0 Å². The van der Waals surface area contributed by atoms with Gasteiger partial charge in [0.15, 0.2) is 0 Å². The molecule has 1 aliphatic heterocycles. The van der Waals surface area contributed by atoms with E-state index in [9.17, 15) is 4.79 Å². The molecule has 0 radical (unpaired) electrons. The molecule has 1 aliphatic rings. The van der Waals surface area contributed by atoms with Crippen molar-refractivity contribution in [2.45, 2.75) is 18.9 Å². The van der Waals surface area contributed by atoms with Crippen LogP contribution in [0.15, 0.2) is 12.4 Å². The predicted octanol–water partition coefficient (Wildman–Crippen LogP) is 0.480. The first-order valence-corrected chi connectivity index (χ1v) is 5.32. The molecule has 1 aromatic heterocycles. The van der Waals surface area contributed by atoms with Crippen molar-refractivity contribution in [1.82, 2.24) is 10.2 Å². The van der Waals surface area contributed by atoms with Crippen molar-refractivity contribution >= 4 is 11.7 Å². The van der Waals surface area contributed by atoms with Crippen LogP contribution in [0.25, 0.3) is 0 Å². The van der Waals surface area contributed by atoms with Crippen molar-refractivity contribution < 1.29 is 14.6 Å². The summed E-state index contributed by atoms with van der Waals surface area (Å²) < 4.78 is 5.38. The number of hydrogen-bond donors (Lipinski definition) is 2. The second-order valence-electron chi connectivity index (χ2n) is 3.85. The zero-order chi connectivity index (χ0) is 11.4. The minimum Gasteiger partial charge on any atom is -0.480 e. The Kier molecular flexibility index (Phi) is 3.40. The molecule has 2 rings (SSSR count). The summed E-state index contributed by atoms with van der Waals surface area (Å²) in [4.78, 5) is 12.7. The lowest BCUT2D eigenvalue weighted by Crippen LogP contribution is -2.43. The molecule has 0 amide bonds. The highest BCUT2D eigenvalue weighted by atomic mass is 16.5. The van der Waals surface area contributed by atoms with Crippen LogP contribution < -0.4 is 4.90 Å². The number of nitrogens with zero attached hydrogens (tertiary/aromatic N) is 2. The standard InChI is InChI=1S/C10H15N3O3/c14-10(15)6-13(9-4-11-12-5-9)8-2-1-3-16-7-8/h4-5,8H,1-3,6-7H2,(H,11,12)(H,14,15). The lowest BCUT2D eigenvalue weighted by Gasteiger charge is -2.33. The van der Waals surface area contributed by atoms with Gasteiger partial charge in [0.05, 0.1) is 24.5 Å². The first kappa shape index (κ1) is 10.9. The van der Waals surface area contributed by atoms with E-state index in [1.807, 2.05) is 4.90 Å². The van der Waals surface area contributed by atoms with Crippen LogP contribution in [-0.4, -0.2) is 47.1 Å². The van der Waals surface area contributed by atoms with E-state index in [4.69, 9.17) is 9.84 Å². The quantitative estimate of drug-likeness (QED) is 0.779. The summed E-state index contributed by atoms with van der Waals surface area (Å²) in [7, 11) is 0. The summed E-state index contributed by atoms with van der Waals surface area (Å²) in [5.74, 6) is -0.841. The van der Waals surface area contributed by atoms with Gasteiger partial charge in [0.25, 0.3) is 0 Å². The molecule has 2 heterocycles. The van der Waals surface area contributed by atoms with Crippen LogP contribution in [0.4, 0.5) is 5.69 Å². The molecule has 6 heteroatoms. The van der Waals surface area contributed by atoms with Gasteiger partial charge in [-0.15, -0.1) is 0 Å². The zero-order valence-electron chi connectivity index (χ0n) is 8.93. The Morgan fingerprint density at radius 2 is 2.62 bits per heavy atom. The van der Waals surface area contributed by atoms with E-state index in [1.54, 1.807) is 12.4 Å². The first-order valence-electron chi connectivity index (χ1n) is 5.32. The number of anilines is 1. The third-order valence-corrected chi connectivity index (χ3v) is 2.70. The molecule has 0 aromatic carbocycles. The van der Waals surface area contributed by atoms with Crippen molar-refractivity contribution in [1.29, 1.82) is 0 Å². The van der Waals surface area contributed by atoms with E-state index in [0.717, 1.165) is 25.1 Å². The van der Waals surface area contributed by atoms with Gasteiger partial charge in [0.1, 0.15) is 6.54 Å². The molecule has 1 saturated heterocycles. The highest BCUT2D eigenvalue weighted by molar-refractivity contribution is 5.73. The highest BCUT2D eigenvalue weighted by Crippen LogP contribution is 2.20. The number of carboxylic acids is 1. The van der Waals surface area contributed by atoms with E-state index in [2.05, 4.69) is 10.2 Å². The fourth-order valence-corrected chi connectivity index (χ4v) is 1.95. The smallest absolute Gasteiger partial charge is 0.323 e. The summed E-state index contributed by atoms with van der Waals surface area (Å²) in [6.07, 6.45) is 5.27. The van der Waals surface area contributed by atoms with Gasteiger partial charge in [-0.3, -0.25) is 9.89 Å². The largest absolute Gasteiger partial charge is 0.480 e. The lowest BCUT2D eigenvalue weighted by atomic mass is 10.1. The average molecular weight is 225 g/mol. The molecule has 16 heavy (non-hydrogen) atoms. The van der Waals surface area contributed by atoms with Gasteiger partial charge in [0.2, 0.25) is 0 Å². The minimum atomic E-state index is -0.841. The maximum Gasteiger partial charge on any atom is 0.323 e. The molecular formula is C10H15N3O3. The molecular weight excluding hydrogens is 210 g/mol. The Morgan fingerprint density at radius 3 is 3.19 bits per heavy atom. The average Bonchev–Trinajstić information content (AvgIpc) is 2.80. The maximum absolute atomic E-state index is 10.8. The molecule has 1 atom stereocenters. The number of H-pyrrole nitrogens is 1. The number of carbonyl (C=O) groups is 1. The Hall–Kier alpha value is -1.56. The minimum absolute atomic E-state index is 0.0203. The summed E-state index contributed by atoms with van der Waals surface area (Å²) in [5, 5.41) is 15.4. The third-order valence-electron chi connectivity index (χ3n) is 2.70. The fraction of sp³-hybridized carbons (Fsp3) is 0.600. The number of aromatic amines is 1. The number of hydrogen-bond acceptors (Lipinski definition) is 4. The molecule has 0 aliphatic carbocycles. The van der Waals surface area contributed by atoms with Crippen LogP contribution in [0, 0.1) is 0 Å². The molecule has 6 nitrogen and oxygen atoms in total. The summed E-state index contributed by atoms with van der Waals surface area (Å²) in [6.45, 7) is 1.33. The van der Waals surface area contributed by atoms with Crippen LogP contribution in [-0.2, 0) is 9.53 Å². The van der Waals surface area contributed by atoms with E-state index in [0.29, 0.717) is 6.61 Å². The molecule has 1 unspecified atom stereocenters. The Bertz CT molecular complexity index is 333. The molecule has 2 N–H and O–H groups in total. The van der Waals surface area contributed by atoms with Gasteiger partial charge in [-0.2, -0.15) is 5.10 Å². The predicted molar refractivity (Wildman–Crippen MR) is 57.4 cm³/mol. The van der Waals surface area contributed by atoms with Crippen molar-refractivity contribution in [3.05, 3.63) is 12.4 Å². The highest BCUT2D eigenvalue weighted by Gasteiger charge is 2.24. The molecule has 0 spiro atoms. The number of rotatable bonds is 4. The maximum atomic E-state index is 10.8. The van der Waals surface area contributed by atoms with Crippen LogP contribution in [0.5, 0.6) is 0 Å².